The minimum atomic E-state index is -3.57. The zero-order chi connectivity index (χ0) is 18.0. The molecule has 0 bridgehead atoms. The van der Waals surface area contributed by atoms with Crippen molar-refractivity contribution in [3.05, 3.63) is 23.8 Å². The van der Waals surface area contributed by atoms with E-state index in [0.29, 0.717) is 10.6 Å². The maximum atomic E-state index is 13.6. The number of benzene rings is 1. The van der Waals surface area contributed by atoms with Gasteiger partial charge in [-0.15, -0.1) is 0 Å². The molecule has 2 fully saturated rings. The SMILES string of the molecule is CC(=O)Nc1ccc(C)c(S(=O)(=O)N(C2CCCC2)C2CCCC2)c1. The predicted molar refractivity (Wildman–Crippen MR) is 99.0 cm³/mol. The van der Waals surface area contributed by atoms with E-state index in [1.54, 1.807) is 18.2 Å². The second-order valence-electron chi connectivity index (χ2n) is 7.37. The normalized spacial score (nSPS) is 19.6. The number of carbonyl (C=O) groups is 1. The van der Waals surface area contributed by atoms with Gasteiger partial charge in [-0.25, -0.2) is 8.42 Å². The lowest BCUT2D eigenvalue weighted by Gasteiger charge is -2.34. The van der Waals surface area contributed by atoms with Crippen molar-refractivity contribution >= 4 is 21.6 Å². The highest BCUT2D eigenvalue weighted by Gasteiger charge is 2.40. The highest BCUT2D eigenvalue weighted by molar-refractivity contribution is 7.89. The molecular weight excluding hydrogens is 336 g/mol. The number of amides is 1. The Kier molecular flexibility index (Phi) is 5.49. The molecule has 0 heterocycles. The van der Waals surface area contributed by atoms with Crippen molar-refractivity contribution in [1.82, 2.24) is 4.31 Å². The Hall–Kier alpha value is -1.40. The molecule has 1 amide bonds. The van der Waals surface area contributed by atoms with Crippen LogP contribution in [-0.4, -0.2) is 30.7 Å². The third-order valence-corrected chi connectivity index (χ3v) is 7.58. The summed E-state index contributed by atoms with van der Waals surface area (Å²) < 4.78 is 29.0. The quantitative estimate of drug-likeness (QED) is 0.863. The zero-order valence-corrected chi connectivity index (χ0v) is 15.9. The monoisotopic (exact) mass is 364 g/mol. The zero-order valence-electron chi connectivity index (χ0n) is 15.1. The Morgan fingerprint density at radius 1 is 1.04 bits per heavy atom. The summed E-state index contributed by atoms with van der Waals surface area (Å²) in [7, 11) is -3.57. The summed E-state index contributed by atoms with van der Waals surface area (Å²) in [4.78, 5) is 11.7. The Morgan fingerprint density at radius 2 is 1.56 bits per heavy atom. The highest BCUT2D eigenvalue weighted by atomic mass is 32.2. The number of aryl methyl sites for hydroxylation is 1. The van der Waals surface area contributed by atoms with Gasteiger partial charge < -0.3 is 5.32 Å². The van der Waals surface area contributed by atoms with Gasteiger partial charge in [0.1, 0.15) is 0 Å². The molecule has 0 saturated heterocycles. The molecule has 0 unspecified atom stereocenters. The molecule has 0 aromatic heterocycles. The lowest BCUT2D eigenvalue weighted by atomic mass is 10.2. The number of hydrogen-bond donors (Lipinski definition) is 1. The van der Waals surface area contributed by atoms with Crippen LogP contribution in [0.25, 0.3) is 0 Å². The predicted octanol–water partition coefficient (Wildman–Crippen LogP) is 3.83. The molecule has 6 heteroatoms. The molecule has 3 rings (SSSR count). The van der Waals surface area contributed by atoms with Gasteiger partial charge in [0, 0.05) is 24.7 Å². The summed E-state index contributed by atoms with van der Waals surface area (Å²) in [5, 5.41) is 2.70. The minimum absolute atomic E-state index is 0.122. The lowest BCUT2D eigenvalue weighted by molar-refractivity contribution is -0.114. The molecule has 25 heavy (non-hydrogen) atoms. The van der Waals surface area contributed by atoms with Crippen LogP contribution in [0.15, 0.2) is 23.1 Å². The average molecular weight is 365 g/mol. The topological polar surface area (TPSA) is 66.5 Å². The fourth-order valence-corrected chi connectivity index (χ4v) is 6.47. The fourth-order valence-electron chi connectivity index (χ4n) is 4.28. The van der Waals surface area contributed by atoms with E-state index in [9.17, 15) is 13.2 Å². The molecule has 2 aliphatic carbocycles. The molecular formula is C19H28N2O3S. The molecule has 1 aromatic rings. The number of carbonyl (C=O) groups excluding carboxylic acids is 1. The van der Waals surface area contributed by atoms with Crippen molar-refractivity contribution in [2.24, 2.45) is 0 Å². The third-order valence-electron chi connectivity index (χ3n) is 5.43. The van der Waals surface area contributed by atoms with Crippen molar-refractivity contribution in [1.29, 1.82) is 0 Å². The van der Waals surface area contributed by atoms with Crippen molar-refractivity contribution in [3.8, 4) is 0 Å². The first-order valence-corrected chi connectivity index (χ1v) is 10.8. The maximum Gasteiger partial charge on any atom is 0.243 e. The van der Waals surface area contributed by atoms with Gasteiger partial charge in [0.2, 0.25) is 15.9 Å². The van der Waals surface area contributed by atoms with Crippen LogP contribution in [0.3, 0.4) is 0 Å². The van der Waals surface area contributed by atoms with Gasteiger partial charge in [0.15, 0.2) is 0 Å². The van der Waals surface area contributed by atoms with Gasteiger partial charge in [-0.2, -0.15) is 4.31 Å². The van der Waals surface area contributed by atoms with E-state index in [1.165, 1.54) is 6.92 Å². The van der Waals surface area contributed by atoms with Crippen molar-refractivity contribution in [2.75, 3.05) is 5.32 Å². The van der Waals surface area contributed by atoms with E-state index in [-0.39, 0.29) is 18.0 Å². The molecule has 1 aromatic carbocycles. The number of rotatable bonds is 5. The van der Waals surface area contributed by atoms with Crippen LogP contribution in [0.4, 0.5) is 5.69 Å². The van der Waals surface area contributed by atoms with Gasteiger partial charge in [-0.3, -0.25) is 4.79 Å². The Bertz CT molecular complexity index is 717. The molecule has 5 nitrogen and oxygen atoms in total. The molecule has 0 spiro atoms. The van der Waals surface area contributed by atoms with E-state index in [1.807, 2.05) is 11.2 Å². The number of hydrogen-bond acceptors (Lipinski definition) is 3. The fraction of sp³-hybridized carbons (Fsp3) is 0.632. The third kappa shape index (κ3) is 3.90. The lowest BCUT2D eigenvalue weighted by Crippen LogP contribution is -2.45. The summed E-state index contributed by atoms with van der Waals surface area (Å²) >= 11 is 0. The number of nitrogens with zero attached hydrogens (tertiary/aromatic N) is 1. The summed E-state index contributed by atoms with van der Waals surface area (Å²) in [6.45, 7) is 3.25. The first-order chi connectivity index (χ1) is 11.9. The van der Waals surface area contributed by atoms with E-state index in [0.717, 1.165) is 56.9 Å². The first kappa shape index (κ1) is 18.4. The molecule has 0 atom stereocenters. The number of sulfonamides is 1. The van der Waals surface area contributed by atoms with Gasteiger partial charge in [0.25, 0.3) is 0 Å². The Balaban J connectivity index is 2.00. The van der Waals surface area contributed by atoms with Crippen LogP contribution < -0.4 is 5.32 Å². The van der Waals surface area contributed by atoms with Crippen molar-refractivity contribution < 1.29 is 13.2 Å². The number of anilines is 1. The first-order valence-electron chi connectivity index (χ1n) is 9.31. The molecule has 2 aliphatic rings. The molecule has 138 valence electrons. The standard InChI is InChI=1S/C19H28N2O3S/c1-14-11-12-16(20-15(2)22)13-19(14)25(23,24)21(17-7-3-4-8-17)18-9-5-6-10-18/h11-13,17-18H,3-10H2,1-2H3,(H,20,22). The van der Waals surface area contributed by atoms with Gasteiger partial charge in [-0.05, 0) is 50.3 Å². The van der Waals surface area contributed by atoms with E-state index >= 15 is 0 Å². The highest BCUT2D eigenvalue weighted by Crippen LogP contribution is 2.37. The summed E-state index contributed by atoms with van der Waals surface area (Å²) in [5.41, 5.74) is 1.27. The minimum Gasteiger partial charge on any atom is -0.326 e. The van der Waals surface area contributed by atoms with Gasteiger partial charge in [0.05, 0.1) is 4.90 Å². The van der Waals surface area contributed by atoms with Crippen LogP contribution in [0, 0.1) is 6.92 Å². The van der Waals surface area contributed by atoms with Crippen molar-refractivity contribution in [2.45, 2.75) is 82.2 Å². The molecule has 1 N–H and O–H groups in total. The molecule has 2 saturated carbocycles. The van der Waals surface area contributed by atoms with E-state index < -0.39 is 10.0 Å². The number of nitrogens with one attached hydrogen (secondary N) is 1. The maximum absolute atomic E-state index is 13.6. The van der Waals surface area contributed by atoms with Crippen LogP contribution in [0.2, 0.25) is 0 Å². The van der Waals surface area contributed by atoms with Crippen LogP contribution in [0.1, 0.15) is 63.9 Å². The van der Waals surface area contributed by atoms with Crippen LogP contribution in [0.5, 0.6) is 0 Å². The molecule has 0 radical (unpaired) electrons. The Morgan fingerprint density at radius 3 is 2.04 bits per heavy atom. The second-order valence-corrected chi connectivity index (χ2v) is 9.18. The summed E-state index contributed by atoms with van der Waals surface area (Å²) in [6.07, 6.45) is 8.26. The van der Waals surface area contributed by atoms with Gasteiger partial charge in [-0.1, -0.05) is 31.7 Å². The van der Waals surface area contributed by atoms with Crippen LogP contribution >= 0.6 is 0 Å². The van der Waals surface area contributed by atoms with E-state index in [4.69, 9.17) is 0 Å². The largest absolute Gasteiger partial charge is 0.326 e. The van der Waals surface area contributed by atoms with Crippen LogP contribution in [-0.2, 0) is 14.8 Å². The second kappa shape index (κ2) is 7.46. The molecule has 0 aliphatic heterocycles. The Labute approximate surface area is 150 Å². The van der Waals surface area contributed by atoms with Gasteiger partial charge >= 0.3 is 0 Å². The summed E-state index contributed by atoms with van der Waals surface area (Å²) in [6, 6.07) is 5.39. The average Bonchev–Trinajstić information content (AvgIpc) is 3.23. The van der Waals surface area contributed by atoms with E-state index in [2.05, 4.69) is 5.32 Å². The summed E-state index contributed by atoms with van der Waals surface area (Å²) in [5.74, 6) is -0.198. The smallest absolute Gasteiger partial charge is 0.243 e. The van der Waals surface area contributed by atoms with Crippen molar-refractivity contribution in [3.63, 3.8) is 0 Å².